The van der Waals surface area contributed by atoms with Crippen molar-refractivity contribution < 1.29 is 23.9 Å². The van der Waals surface area contributed by atoms with Gasteiger partial charge in [-0.05, 0) is 57.2 Å². The molecule has 1 N–H and O–H groups in total. The van der Waals surface area contributed by atoms with E-state index in [9.17, 15) is 14.4 Å². The van der Waals surface area contributed by atoms with Crippen LogP contribution in [0, 0.1) is 0 Å². The number of rotatable bonds is 8. The lowest BCUT2D eigenvalue weighted by atomic mass is 10.1. The maximum absolute atomic E-state index is 13.2. The molecule has 1 saturated heterocycles. The third-order valence-corrected chi connectivity index (χ3v) is 4.95. The Bertz CT molecular complexity index is 958. The van der Waals surface area contributed by atoms with E-state index in [2.05, 4.69) is 5.32 Å². The molecule has 8 heteroatoms. The number of anilines is 2. The van der Waals surface area contributed by atoms with Gasteiger partial charge in [0.05, 0.1) is 25.8 Å². The van der Waals surface area contributed by atoms with Gasteiger partial charge in [0.25, 0.3) is 5.91 Å². The zero-order valence-electron chi connectivity index (χ0n) is 18.1. The lowest BCUT2D eigenvalue weighted by Gasteiger charge is -2.25. The second-order valence-electron chi connectivity index (χ2n) is 7.38. The molecular formula is C23H27N3O5. The Hall–Kier alpha value is -3.55. The Morgan fingerprint density at radius 3 is 2.42 bits per heavy atom. The molecule has 1 atom stereocenters. The molecule has 0 aliphatic carbocycles. The van der Waals surface area contributed by atoms with Crippen molar-refractivity contribution in [2.75, 3.05) is 23.9 Å². The van der Waals surface area contributed by atoms with Gasteiger partial charge in [-0.1, -0.05) is 6.07 Å². The Balaban J connectivity index is 1.77. The Morgan fingerprint density at radius 2 is 1.81 bits per heavy atom. The maximum Gasteiger partial charge on any atom is 0.332 e. The lowest BCUT2D eigenvalue weighted by molar-refractivity contribution is -0.124. The molecule has 2 aromatic carbocycles. The van der Waals surface area contributed by atoms with Gasteiger partial charge in [0.15, 0.2) is 0 Å². The van der Waals surface area contributed by atoms with Crippen molar-refractivity contribution in [2.45, 2.75) is 39.3 Å². The highest BCUT2D eigenvalue weighted by Crippen LogP contribution is 2.30. The van der Waals surface area contributed by atoms with Gasteiger partial charge >= 0.3 is 6.03 Å². The van der Waals surface area contributed by atoms with Gasteiger partial charge in [0, 0.05) is 17.8 Å². The van der Waals surface area contributed by atoms with E-state index in [0.717, 1.165) is 4.90 Å². The second kappa shape index (κ2) is 9.51. The molecule has 8 nitrogen and oxygen atoms in total. The van der Waals surface area contributed by atoms with E-state index in [-0.39, 0.29) is 18.4 Å². The number of carbonyl (C=O) groups is 3. The molecule has 0 saturated carbocycles. The molecule has 1 fully saturated rings. The fourth-order valence-electron chi connectivity index (χ4n) is 3.55. The molecule has 1 heterocycles. The average molecular weight is 425 g/mol. The quantitative estimate of drug-likeness (QED) is 0.652. The van der Waals surface area contributed by atoms with Crippen LogP contribution in [0.4, 0.5) is 16.2 Å². The highest BCUT2D eigenvalue weighted by Gasteiger charge is 2.47. The minimum atomic E-state index is -0.888. The van der Waals surface area contributed by atoms with Crippen molar-refractivity contribution in [2.24, 2.45) is 0 Å². The smallest absolute Gasteiger partial charge is 0.332 e. The van der Waals surface area contributed by atoms with Crippen LogP contribution in [0.1, 0.15) is 27.2 Å². The highest BCUT2D eigenvalue weighted by atomic mass is 16.5. The topological polar surface area (TPSA) is 88.2 Å². The Kier molecular flexibility index (Phi) is 6.79. The predicted molar refractivity (Wildman–Crippen MR) is 117 cm³/mol. The fraction of sp³-hybridized carbons (Fsp3) is 0.348. The standard InChI is InChI=1S/C23H27N3O5/c1-5-31-18-11-9-16(10-12-18)24-21(27)14-20-22(28)26(23(29)25(20)15(2)3)17-7-6-8-19(13-17)30-4/h6-13,15,20H,5,14H2,1-4H3,(H,24,27)/t20-/m1/s1. The first-order valence-corrected chi connectivity index (χ1v) is 10.2. The maximum atomic E-state index is 13.2. The van der Waals surface area contributed by atoms with Crippen LogP contribution < -0.4 is 19.7 Å². The summed E-state index contributed by atoms with van der Waals surface area (Å²) in [4.78, 5) is 41.4. The van der Waals surface area contributed by atoms with Gasteiger partial charge in [-0.2, -0.15) is 0 Å². The van der Waals surface area contributed by atoms with Crippen LogP contribution in [0.2, 0.25) is 0 Å². The summed E-state index contributed by atoms with van der Waals surface area (Å²) in [5.41, 5.74) is 1.00. The number of hydrogen-bond donors (Lipinski definition) is 1. The van der Waals surface area contributed by atoms with Crippen molar-refractivity contribution in [1.29, 1.82) is 0 Å². The number of hydrogen-bond acceptors (Lipinski definition) is 5. The zero-order chi connectivity index (χ0) is 22.5. The summed E-state index contributed by atoms with van der Waals surface area (Å²) in [6.07, 6.45) is -0.142. The summed E-state index contributed by atoms with van der Waals surface area (Å²) in [5.74, 6) is 0.449. The third-order valence-electron chi connectivity index (χ3n) is 4.95. The van der Waals surface area contributed by atoms with E-state index in [1.807, 2.05) is 20.8 Å². The van der Waals surface area contributed by atoms with Crippen molar-refractivity contribution in [3.63, 3.8) is 0 Å². The zero-order valence-corrected chi connectivity index (χ0v) is 18.1. The van der Waals surface area contributed by atoms with E-state index < -0.39 is 18.0 Å². The Morgan fingerprint density at radius 1 is 1.10 bits per heavy atom. The fourth-order valence-corrected chi connectivity index (χ4v) is 3.55. The van der Waals surface area contributed by atoms with Crippen molar-refractivity contribution in [1.82, 2.24) is 4.90 Å². The number of urea groups is 1. The second-order valence-corrected chi connectivity index (χ2v) is 7.38. The van der Waals surface area contributed by atoms with Crippen LogP contribution in [0.25, 0.3) is 0 Å². The van der Waals surface area contributed by atoms with Gasteiger partial charge in [0.2, 0.25) is 5.91 Å². The number of methoxy groups -OCH3 is 1. The minimum absolute atomic E-state index is 0.142. The summed E-state index contributed by atoms with van der Waals surface area (Å²) < 4.78 is 10.6. The minimum Gasteiger partial charge on any atom is -0.497 e. The molecular weight excluding hydrogens is 398 g/mol. The first-order chi connectivity index (χ1) is 14.8. The van der Waals surface area contributed by atoms with Crippen molar-refractivity contribution >= 4 is 29.2 Å². The van der Waals surface area contributed by atoms with E-state index in [1.54, 1.807) is 48.5 Å². The normalized spacial score (nSPS) is 16.1. The van der Waals surface area contributed by atoms with Gasteiger partial charge in [-0.3, -0.25) is 9.59 Å². The van der Waals surface area contributed by atoms with Gasteiger partial charge in [-0.15, -0.1) is 0 Å². The summed E-state index contributed by atoms with van der Waals surface area (Å²) in [5, 5.41) is 2.78. The summed E-state index contributed by atoms with van der Waals surface area (Å²) in [6.45, 7) is 6.08. The van der Waals surface area contributed by atoms with Crippen molar-refractivity contribution in [3.05, 3.63) is 48.5 Å². The van der Waals surface area contributed by atoms with E-state index in [0.29, 0.717) is 29.5 Å². The first-order valence-electron chi connectivity index (χ1n) is 10.2. The van der Waals surface area contributed by atoms with Crippen LogP contribution in [0.5, 0.6) is 11.5 Å². The molecule has 4 amide bonds. The molecule has 0 unspecified atom stereocenters. The van der Waals surface area contributed by atoms with E-state index in [1.165, 1.54) is 12.0 Å². The highest BCUT2D eigenvalue weighted by molar-refractivity contribution is 6.22. The molecule has 0 radical (unpaired) electrons. The van der Waals surface area contributed by atoms with Crippen LogP contribution >= 0.6 is 0 Å². The number of ether oxygens (including phenoxy) is 2. The number of imide groups is 1. The monoisotopic (exact) mass is 425 g/mol. The molecule has 0 aromatic heterocycles. The van der Waals surface area contributed by atoms with E-state index in [4.69, 9.17) is 9.47 Å². The molecule has 3 rings (SSSR count). The molecule has 164 valence electrons. The Labute approximate surface area is 181 Å². The number of carbonyl (C=O) groups excluding carboxylic acids is 3. The number of amides is 4. The molecule has 1 aliphatic heterocycles. The van der Waals surface area contributed by atoms with Crippen molar-refractivity contribution in [3.8, 4) is 11.5 Å². The van der Waals surface area contributed by atoms with Crippen LogP contribution in [-0.2, 0) is 9.59 Å². The molecule has 0 spiro atoms. The molecule has 31 heavy (non-hydrogen) atoms. The largest absolute Gasteiger partial charge is 0.497 e. The molecule has 1 aliphatic rings. The predicted octanol–water partition coefficient (Wildman–Crippen LogP) is 3.67. The average Bonchev–Trinajstić information content (AvgIpc) is 2.99. The number of nitrogens with one attached hydrogen (secondary N) is 1. The summed E-state index contributed by atoms with van der Waals surface area (Å²) in [7, 11) is 1.52. The molecule has 2 aromatic rings. The summed E-state index contributed by atoms with van der Waals surface area (Å²) >= 11 is 0. The SMILES string of the molecule is CCOc1ccc(NC(=O)C[C@@H]2C(=O)N(c3cccc(OC)c3)C(=O)N2C(C)C)cc1. The third kappa shape index (κ3) is 4.79. The van der Waals surface area contributed by atoms with Crippen LogP contribution in [-0.4, -0.2) is 48.5 Å². The van der Waals surface area contributed by atoms with E-state index >= 15 is 0 Å². The summed E-state index contributed by atoms with van der Waals surface area (Å²) in [6, 6.07) is 12.1. The van der Waals surface area contributed by atoms with Crippen LogP contribution in [0.15, 0.2) is 48.5 Å². The first kappa shape index (κ1) is 22.1. The van der Waals surface area contributed by atoms with Crippen LogP contribution in [0.3, 0.4) is 0 Å². The molecule has 0 bridgehead atoms. The van der Waals surface area contributed by atoms with Gasteiger partial charge < -0.3 is 19.7 Å². The van der Waals surface area contributed by atoms with Gasteiger partial charge in [-0.25, -0.2) is 9.69 Å². The van der Waals surface area contributed by atoms with Gasteiger partial charge in [0.1, 0.15) is 17.5 Å². The number of nitrogens with zero attached hydrogens (tertiary/aromatic N) is 2. The lowest BCUT2D eigenvalue weighted by Crippen LogP contribution is -2.42. The number of benzene rings is 2.